The van der Waals surface area contributed by atoms with Gasteiger partial charge in [0.15, 0.2) is 0 Å². The van der Waals surface area contributed by atoms with Crippen LogP contribution in [-0.4, -0.2) is 71.3 Å². The number of anilines is 1. The minimum Gasteiger partial charge on any atom is -0.368 e. The highest BCUT2D eigenvalue weighted by Crippen LogP contribution is 2.23. The van der Waals surface area contributed by atoms with Gasteiger partial charge >= 0.3 is 0 Å². The van der Waals surface area contributed by atoms with Crippen molar-refractivity contribution >= 4 is 17.2 Å². The van der Waals surface area contributed by atoms with E-state index in [2.05, 4.69) is 63.6 Å². The molecule has 0 saturated carbocycles. The quantitative estimate of drug-likeness (QED) is 0.627. The van der Waals surface area contributed by atoms with Crippen LogP contribution in [0.4, 0.5) is 5.69 Å². The predicted molar refractivity (Wildman–Crippen MR) is 128 cm³/mol. The Labute approximate surface area is 189 Å². The van der Waals surface area contributed by atoms with Crippen LogP contribution >= 0.6 is 0 Å². The van der Waals surface area contributed by atoms with Crippen molar-refractivity contribution in [3.8, 4) is 5.69 Å². The van der Waals surface area contributed by atoms with E-state index in [0.29, 0.717) is 6.54 Å². The van der Waals surface area contributed by atoms with Crippen molar-refractivity contribution in [1.82, 2.24) is 19.6 Å². The van der Waals surface area contributed by atoms with Crippen LogP contribution in [0.2, 0.25) is 0 Å². The van der Waals surface area contributed by atoms with Crippen molar-refractivity contribution in [1.29, 1.82) is 0 Å². The van der Waals surface area contributed by atoms with Crippen molar-refractivity contribution in [3.63, 3.8) is 0 Å². The number of piperazine rings is 1. The molecule has 0 bridgehead atoms. The Kier molecular flexibility index (Phi) is 6.03. The molecule has 0 spiro atoms. The summed E-state index contributed by atoms with van der Waals surface area (Å²) >= 11 is 0. The van der Waals surface area contributed by atoms with Gasteiger partial charge in [-0.1, -0.05) is 42.5 Å². The van der Waals surface area contributed by atoms with Gasteiger partial charge in [-0.25, -0.2) is 4.68 Å². The number of rotatable bonds is 5. The zero-order valence-electron chi connectivity index (χ0n) is 18.3. The Bertz CT molecular complexity index is 1070. The Balaban J connectivity index is 1.13. The summed E-state index contributed by atoms with van der Waals surface area (Å²) in [6.45, 7) is 5.58. The molecule has 1 amide bonds. The monoisotopic (exact) mass is 427 g/mol. The molecule has 164 valence electrons. The van der Waals surface area contributed by atoms with Crippen molar-refractivity contribution < 1.29 is 4.79 Å². The lowest BCUT2D eigenvalue weighted by molar-refractivity contribution is -0.132. The first-order valence-corrected chi connectivity index (χ1v) is 11.4. The van der Waals surface area contributed by atoms with E-state index in [0.717, 1.165) is 56.9 Å². The standard InChI is InChI=1S/C26H29N5O/c32-26(30-17-15-29(16-18-30)24-7-3-1-4-8-24)21-28-13-11-22(12-14-28)23-19-27-31(20-23)25-9-5-2-6-10-25/h1-11,19-20H,12-18,21H2. The fourth-order valence-corrected chi connectivity index (χ4v) is 4.47. The molecule has 6 heteroatoms. The molecule has 2 aromatic carbocycles. The van der Waals surface area contributed by atoms with Crippen molar-refractivity contribution in [3.05, 3.63) is 84.7 Å². The second-order valence-electron chi connectivity index (χ2n) is 8.43. The smallest absolute Gasteiger partial charge is 0.236 e. The molecule has 6 nitrogen and oxygen atoms in total. The molecule has 5 rings (SSSR count). The molecule has 1 saturated heterocycles. The average Bonchev–Trinajstić information content (AvgIpc) is 3.36. The van der Waals surface area contributed by atoms with Gasteiger partial charge in [-0.05, 0) is 36.3 Å². The van der Waals surface area contributed by atoms with E-state index >= 15 is 0 Å². The topological polar surface area (TPSA) is 44.6 Å². The van der Waals surface area contributed by atoms with Crippen LogP contribution in [0, 0.1) is 0 Å². The zero-order chi connectivity index (χ0) is 21.8. The first kappa shape index (κ1) is 20.5. The van der Waals surface area contributed by atoms with Crippen molar-refractivity contribution in [2.24, 2.45) is 0 Å². The van der Waals surface area contributed by atoms with E-state index in [1.54, 1.807) is 0 Å². The molecule has 3 aromatic rings. The summed E-state index contributed by atoms with van der Waals surface area (Å²) < 4.78 is 1.92. The van der Waals surface area contributed by atoms with Gasteiger partial charge in [0.2, 0.25) is 5.91 Å². The largest absolute Gasteiger partial charge is 0.368 e. The summed E-state index contributed by atoms with van der Waals surface area (Å²) in [7, 11) is 0. The Morgan fingerprint density at radius 3 is 2.19 bits per heavy atom. The maximum Gasteiger partial charge on any atom is 0.236 e. The molecule has 2 aliphatic heterocycles. The lowest BCUT2D eigenvalue weighted by Crippen LogP contribution is -2.51. The molecule has 2 aliphatic rings. The molecule has 1 aromatic heterocycles. The minimum absolute atomic E-state index is 0.242. The second-order valence-corrected chi connectivity index (χ2v) is 8.43. The molecule has 0 aliphatic carbocycles. The number of hydrogen-bond acceptors (Lipinski definition) is 4. The summed E-state index contributed by atoms with van der Waals surface area (Å²) in [5.41, 5.74) is 4.78. The predicted octanol–water partition coefficient (Wildman–Crippen LogP) is 3.31. The van der Waals surface area contributed by atoms with Crippen molar-refractivity contribution in [2.45, 2.75) is 6.42 Å². The van der Waals surface area contributed by atoms with Gasteiger partial charge in [-0.15, -0.1) is 0 Å². The fraction of sp³-hybridized carbons (Fsp3) is 0.308. The molecule has 0 radical (unpaired) electrons. The van der Waals surface area contributed by atoms with E-state index in [-0.39, 0.29) is 5.91 Å². The summed E-state index contributed by atoms with van der Waals surface area (Å²) in [6.07, 6.45) is 7.21. The van der Waals surface area contributed by atoms with Gasteiger partial charge in [0.05, 0.1) is 18.4 Å². The van der Waals surface area contributed by atoms with Gasteiger partial charge in [0, 0.05) is 56.7 Å². The van der Waals surface area contributed by atoms with Crippen LogP contribution in [0.1, 0.15) is 12.0 Å². The third-order valence-corrected chi connectivity index (χ3v) is 6.38. The third kappa shape index (κ3) is 4.60. The van der Waals surface area contributed by atoms with Gasteiger partial charge in [-0.3, -0.25) is 9.69 Å². The van der Waals surface area contributed by atoms with Gasteiger partial charge < -0.3 is 9.80 Å². The van der Waals surface area contributed by atoms with E-state index in [1.807, 2.05) is 40.0 Å². The molecule has 3 heterocycles. The lowest BCUT2D eigenvalue weighted by atomic mass is 10.0. The first-order chi connectivity index (χ1) is 15.8. The Morgan fingerprint density at radius 1 is 0.844 bits per heavy atom. The molecular weight excluding hydrogens is 398 g/mol. The molecule has 0 unspecified atom stereocenters. The fourth-order valence-electron chi connectivity index (χ4n) is 4.47. The van der Waals surface area contributed by atoms with Crippen molar-refractivity contribution in [2.75, 3.05) is 50.7 Å². The van der Waals surface area contributed by atoms with E-state index in [4.69, 9.17) is 0 Å². The Morgan fingerprint density at radius 2 is 1.53 bits per heavy atom. The highest BCUT2D eigenvalue weighted by Gasteiger charge is 2.24. The summed E-state index contributed by atoms with van der Waals surface area (Å²) in [5.74, 6) is 0.242. The van der Waals surface area contributed by atoms with Crippen LogP contribution in [0.5, 0.6) is 0 Å². The maximum atomic E-state index is 12.9. The van der Waals surface area contributed by atoms with Crippen LogP contribution in [0.3, 0.4) is 0 Å². The summed E-state index contributed by atoms with van der Waals surface area (Å²) in [4.78, 5) is 19.5. The maximum absolute atomic E-state index is 12.9. The number of hydrogen-bond donors (Lipinski definition) is 0. The van der Waals surface area contributed by atoms with Crippen LogP contribution < -0.4 is 4.90 Å². The third-order valence-electron chi connectivity index (χ3n) is 6.38. The summed E-state index contributed by atoms with van der Waals surface area (Å²) in [6, 6.07) is 20.6. The minimum atomic E-state index is 0.242. The number of benzene rings is 2. The highest BCUT2D eigenvalue weighted by molar-refractivity contribution is 5.79. The number of carbonyl (C=O) groups excluding carboxylic acids is 1. The lowest BCUT2D eigenvalue weighted by Gasteiger charge is -2.37. The number of nitrogens with zero attached hydrogens (tertiary/aromatic N) is 5. The average molecular weight is 428 g/mol. The molecule has 0 N–H and O–H groups in total. The van der Waals surface area contributed by atoms with E-state index in [9.17, 15) is 4.79 Å². The molecular formula is C26H29N5O. The second kappa shape index (κ2) is 9.40. The SMILES string of the molecule is O=C(CN1CC=C(c2cnn(-c3ccccc3)c2)CC1)N1CCN(c2ccccc2)CC1. The summed E-state index contributed by atoms with van der Waals surface area (Å²) in [5, 5.41) is 4.52. The van der Waals surface area contributed by atoms with Gasteiger partial charge in [-0.2, -0.15) is 5.10 Å². The number of para-hydroxylation sites is 2. The van der Waals surface area contributed by atoms with Gasteiger partial charge in [0.25, 0.3) is 0 Å². The van der Waals surface area contributed by atoms with E-state index in [1.165, 1.54) is 11.3 Å². The highest BCUT2D eigenvalue weighted by atomic mass is 16.2. The van der Waals surface area contributed by atoms with Crippen LogP contribution in [-0.2, 0) is 4.79 Å². The van der Waals surface area contributed by atoms with Crippen LogP contribution in [0.25, 0.3) is 11.3 Å². The first-order valence-electron chi connectivity index (χ1n) is 11.4. The van der Waals surface area contributed by atoms with E-state index < -0.39 is 0 Å². The molecule has 1 fully saturated rings. The number of carbonyl (C=O) groups is 1. The number of amides is 1. The van der Waals surface area contributed by atoms with Crippen LogP contribution in [0.15, 0.2) is 79.1 Å². The number of aromatic nitrogens is 2. The molecule has 0 atom stereocenters. The normalized spacial score (nSPS) is 17.3. The molecule has 32 heavy (non-hydrogen) atoms. The van der Waals surface area contributed by atoms with Gasteiger partial charge in [0.1, 0.15) is 0 Å². The Hall–Kier alpha value is -3.38. The zero-order valence-corrected chi connectivity index (χ0v) is 18.3.